The first-order valence-electron chi connectivity index (χ1n) is 7.70. The average Bonchev–Trinajstić information content (AvgIpc) is 2.55. The second-order valence-corrected chi connectivity index (χ2v) is 6.20. The molecule has 1 aromatic carbocycles. The summed E-state index contributed by atoms with van der Waals surface area (Å²) in [6, 6.07) is 12.0. The van der Waals surface area contributed by atoms with E-state index in [1.807, 2.05) is 24.3 Å². The number of ether oxygens (including phenoxy) is 1. The summed E-state index contributed by atoms with van der Waals surface area (Å²) in [5.41, 5.74) is 2.12. The third kappa shape index (κ3) is 5.53. The van der Waals surface area contributed by atoms with Crippen molar-refractivity contribution in [3.05, 3.63) is 54.4 Å². The summed E-state index contributed by atoms with van der Waals surface area (Å²) in [4.78, 5) is 4.00. The van der Waals surface area contributed by atoms with Crippen LogP contribution >= 0.6 is 12.2 Å². The van der Waals surface area contributed by atoms with Crippen molar-refractivity contribution >= 4 is 23.0 Å². The molecule has 1 atom stereocenters. The molecule has 0 aliphatic carbocycles. The van der Waals surface area contributed by atoms with Crippen LogP contribution in [-0.2, 0) is 0 Å². The normalized spacial score (nSPS) is 11.8. The Kier molecular flexibility index (Phi) is 6.35. The molecule has 0 bridgehead atoms. The van der Waals surface area contributed by atoms with Crippen molar-refractivity contribution in [1.82, 2.24) is 10.3 Å². The van der Waals surface area contributed by atoms with Gasteiger partial charge in [0.15, 0.2) is 5.11 Å². The van der Waals surface area contributed by atoms with E-state index < -0.39 is 0 Å². The zero-order valence-corrected chi connectivity index (χ0v) is 14.6. The van der Waals surface area contributed by atoms with Crippen LogP contribution in [0.15, 0.2) is 48.8 Å². The van der Waals surface area contributed by atoms with E-state index in [1.54, 1.807) is 19.5 Å². The Morgan fingerprint density at radius 1 is 1.13 bits per heavy atom. The quantitative estimate of drug-likeness (QED) is 0.779. The van der Waals surface area contributed by atoms with Crippen LogP contribution in [0.3, 0.4) is 0 Å². The van der Waals surface area contributed by atoms with Gasteiger partial charge in [0.25, 0.3) is 0 Å². The molecule has 1 heterocycles. The van der Waals surface area contributed by atoms with Gasteiger partial charge in [0, 0.05) is 18.1 Å². The topological polar surface area (TPSA) is 46.2 Å². The van der Waals surface area contributed by atoms with Gasteiger partial charge >= 0.3 is 0 Å². The van der Waals surface area contributed by atoms with Crippen molar-refractivity contribution in [1.29, 1.82) is 0 Å². The van der Waals surface area contributed by atoms with Crippen LogP contribution in [0.25, 0.3) is 0 Å². The van der Waals surface area contributed by atoms with Gasteiger partial charge < -0.3 is 15.4 Å². The Hall–Kier alpha value is -2.14. The number of anilines is 1. The van der Waals surface area contributed by atoms with Crippen molar-refractivity contribution in [2.45, 2.75) is 26.3 Å². The number of pyridine rings is 1. The summed E-state index contributed by atoms with van der Waals surface area (Å²) in [6.45, 7) is 4.41. The number of aromatic nitrogens is 1. The van der Waals surface area contributed by atoms with E-state index in [2.05, 4.69) is 41.6 Å². The molecule has 0 unspecified atom stereocenters. The fourth-order valence-corrected chi connectivity index (χ4v) is 2.61. The molecule has 5 heteroatoms. The molecule has 2 N–H and O–H groups in total. The number of hydrogen-bond acceptors (Lipinski definition) is 3. The molecule has 0 radical (unpaired) electrons. The summed E-state index contributed by atoms with van der Waals surface area (Å²) in [7, 11) is 1.67. The van der Waals surface area contributed by atoms with Gasteiger partial charge in [-0.25, -0.2) is 0 Å². The monoisotopic (exact) mass is 329 g/mol. The highest BCUT2D eigenvalue weighted by molar-refractivity contribution is 7.80. The van der Waals surface area contributed by atoms with Crippen LogP contribution in [-0.4, -0.2) is 17.2 Å². The maximum absolute atomic E-state index is 5.45. The summed E-state index contributed by atoms with van der Waals surface area (Å²) in [5.74, 6) is 1.41. The van der Waals surface area contributed by atoms with E-state index in [4.69, 9.17) is 17.0 Å². The maximum atomic E-state index is 5.45. The summed E-state index contributed by atoms with van der Waals surface area (Å²) >= 11 is 5.45. The molecule has 0 saturated heterocycles. The third-order valence-electron chi connectivity index (χ3n) is 3.47. The minimum Gasteiger partial charge on any atom is -0.497 e. The van der Waals surface area contributed by atoms with Crippen LogP contribution in [0.4, 0.5) is 5.69 Å². The molecule has 0 spiro atoms. The van der Waals surface area contributed by atoms with Crippen molar-refractivity contribution in [2.24, 2.45) is 5.92 Å². The lowest BCUT2D eigenvalue weighted by Crippen LogP contribution is -2.33. The van der Waals surface area contributed by atoms with Crippen molar-refractivity contribution in [2.75, 3.05) is 12.4 Å². The molecule has 0 amide bonds. The van der Waals surface area contributed by atoms with Crippen molar-refractivity contribution in [3.63, 3.8) is 0 Å². The van der Waals surface area contributed by atoms with E-state index in [0.717, 1.165) is 17.9 Å². The van der Waals surface area contributed by atoms with Gasteiger partial charge in [-0.1, -0.05) is 26.0 Å². The Morgan fingerprint density at radius 2 is 1.78 bits per heavy atom. The van der Waals surface area contributed by atoms with Crippen LogP contribution in [0.1, 0.15) is 31.9 Å². The van der Waals surface area contributed by atoms with Gasteiger partial charge in [-0.3, -0.25) is 4.98 Å². The molecule has 122 valence electrons. The Morgan fingerprint density at radius 3 is 2.35 bits per heavy atom. The number of thiocarbonyl (C=S) groups is 1. The predicted octanol–water partition coefficient (Wildman–Crippen LogP) is 4.16. The highest BCUT2D eigenvalue weighted by atomic mass is 32.1. The average molecular weight is 329 g/mol. The molecular weight excluding hydrogens is 306 g/mol. The number of methoxy groups -OCH3 is 1. The van der Waals surface area contributed by atoms with E-state index in [-0.39, 0.29) is 6.04 Å². The molecule has 2 aromatic rings. The fourth-order valence-electron chi connectivity index (χ4n) is 2.35. The number of hydrogen-bond donors (Lipinski definition) is 2. The van der Waals surface area contributed by atoms with Gasteiger partial charge in [0.2, 0.25) is 0 Å². The first-order chi connectivity index (χ1) is 11.1. The van der Waals surface area contributed by atoms with E-state index in [0.29, 0.717) is 11.0 Å². The molecule has 0 aliphatic rings. The van der Waals surface area contributed by atoms with Gasteiger partial charge in [0.05, 0.1) is 13.2 Å². The van der Waals surface area contributed by atoms with E-state index in [1.165, 1.54) is 5.56 Å². The Labute approximate surface area is 143 Å². The summed E-state index contributed by atoms with van der Waals surface area (Å²) < 4.78 is 5.23. The highest BCUT2D eigenvalue weighted by Crippen LogP contribution is 2.23. The van der Waals surface area contributed by atoms with Crippen molar-refractivity contribution < 1.29 is 4.74 Å². The van der Waals surface area contributed by atoms with Gasteiger partial charge in [0.1, 0.15) is 5.75 Å². The second-order valence-electron chi connectivity index (χ2n) is 5.79. The van der Waals surface area contributed by atoms with Crippen LogP contribution in [0.2, 0.25) is 0 Å². The Balaban J connectivity index is 2.06. The van der Waals surface area contributed by atoms with Crippen LogP contribution in [0.5, 0.6) is 5.75 Å². The minimum atomic E-state index is 0.155. The zero-order chi connectivity index (χ0) is 16.7. The van der Waals surface area contributed by atoms with Crippen LogP contribution < -0.4 is 15.4 Å². The SMILES string of the molecule is COc1ccc([C@H](CC(C)C)NC(=S)Nc2ccncc2)cc1. The summed E-state index contributed by atoms with van der Waals surface area (Å²) in [6.07, 6.45) is 4.46. The predicted molar refractivity (Wildman–Crippen MR) is 98.8 cm³/mol. The smallest absolute Gasteiger partial charge is 0.171 e. The molecule has 0 aliphatic heterocycles. The number of rotatable bonds is 6. The lowest BCUT2D eigenvalue weighted by molar-refractivity contribution is 0.414. The maximum Gasteiger partial charge on any atom is 0.171 e. The van der Waals surface area contributed by atoms with E-state index in [9.17, 15) is 0 Å². The molecular formula is C18H23N3OS. The second kappa shape index (κ2) is 8.48. The largest absolute Gasteiger partial charge is 0.497 e. The standard InChI is InChI=1S/C18H23N3OS/c1-13(2)12-17(14-4-6-16(22-3)7-5-14)21-18(23)20-15-8-10-19-11-9-15/h4-11,13,17H,12H2,1-3H3,(H2,19,20,21,23)/t17-/m0/s1. The zero-order valence-electron chi connectivity index (χ0n) is 13.7. The lowest BCUT2D eigenvalue weighted by Gasteiger charge is -2.23. The molecule has 2 rings (SSSR count). The molecule has 23 heavy (non-hydrogen) atoms. The van der Waals surface area contributed by atoms with E-state index >= 15 is 0 Å². The first-order valence-corrected chi connectivity index (χ1v) is 8.11. The molecule has 0 fully saturated rings. The van der Waals surface area contributed by atoms with Gasteiger partial charge in [-0.2, -0.15) is 0 Å². The Bertz CT molecular complexity index is 614. The summed E-state index contributed by atoms with van der Waals surface area (Å²) in [5, 5.41) is 7.21. The number of benzene rings is 1. The fraction of sp³-hybridized carbons (Fsp3) is 0.333. The highest BCUT2D eigenvalue weighted by Gasteiger charge is 2.15. The third-order valence-corrected chi connectivity index (χ3v) is 3.69. The number of nitrogens with one attached hydrogen (secondary N) is 2. The molecule has 0 saturated carbocycles. The minimum absolute atomic E-state index is 0.155. The first kappa shape index (κ1) is 17.2. The van der Waals surface area contributed by atoms with Crippen LogP contribution in [0, 0.1) is 5.92 Å². The van der Waals surface area contributed by atoms with Crippen molar-refractivity contribution in [3.8, 4) is 5.75 Å². The molecule has 1 aromatic heterocycles. The molecule has 4 nitrogen and oxygen atoms in total. The lowest BCUT2D eigenvalue weighted by atomic mass is 9.97. The van der Waals surface area contributed by atoms with Gasteiger partial charge in [-0.05, 0) is 54.4 Å². The van der Waals surface area contributed by atoms with Gasteiger partial charge in [-0.15, -0.1) is 0 Å². The number of nitrogens with zero attached hydrogens (tertiary/aromatic N) is 1.